The molecule has 0 saturated heterocycles. The number of hydrogen-bond acceptors (Lipinski definition) is 5. The van der Waals surface area contributed by atoms with Gasteiger partial charge in [0.05, 0.1) is 27.5 Å². The summed E-state index contributed by atoms with van der Waals surface area (Å²) in [6, 6.07) is 19.4. The van der Waals surface area contributed by atoms with Gasteiger partial charge in [0, 0.05) is 29.7 Å². The lowest BCUT2D eigenvalue weighted by atomic mass is 10.1. The third-order valence-electron chi connectivity index (χ3n) is 5.48. The van der Waals surface area contributed by atoms with Crippen LogP contribution in [0.5, 0.6) is 0 Å². The molecule has 0 bridgehead atoms. The number of aromatic nitrogens is 2. The van der Waals surface area contributed by atoms with Gasteiger partial charge in [-0.2, -0.15) is 0 Å². The van der Waals surface area contributed by atoms with Crippen molar-refractivity contribution in [3.8, 4) is 11.3 Å². The van der Waals surface area contributed by atoms with Crippen molar-refractivity contribution in [1.29, 1.82) is 0 Å². The molecule has 1 aliphatic carbocycles. The van der Waals surface area contributed by atoms with Gasteiger partial charge in [0.25, 0.3) is 5.91 Å². The Hall–Kier alpha value is -3.64. The van der Waals surface area contributed by atoms with Crippen molar-refractivity contribution in [3.05, 3.63) is 83.0 Å². The van der Waals surface area contributed by atoms with E-state index in [-0.39, 0.29) is 11.9 Å². The van der Waals surface area contributed by atoms with E-state index in [1.165, 1.54) is 0 Å². The molecule has 2 aromatic heterocycles. The number of nitrogens with two attached hydrogens (primary N) is 1. The van der Waals surface area contributed by atoms with E-state index < -0.39 is 0 Å². The standard InChI is InChI=1S/C25H22ClN5O/c26-20-13-17(4-7-19(20)25(32)30-18-5-6-18)23-10-8-21(27)24(31-23)29-14-15-3-9-22-16(12-15)2-1-11-28-22/h1-4,7-13,18H,5-6,14,27H2,(H,29,31)(H,30,32). The van der Waals surface area contributed by atoms with Crippen molar-refractivity contribution >= 4 is 39.9 Å². The second kappa shape index (κ2) is 8.48. The van der Waals surface area contributed by atoms with E-state index in [0.29, 0.717) is 28.6 Å². The fourth-order valence-corrected chi connectivity index (χ4v) is 3.81. The smallest absolute Gasteiger partial charge is 0.253 e. The average molecular weight is 444 g/mol. The number of halogens is 1. The van der Waals surface area contributed by atoms with Crippen LogP contribution in [0.2, 0.25) is 5.02 Å². The van der Waals surface area contributed by atoms with Gasteiger partial charge in [-0.3, -0.25) is 9.78 Å². The molecule has 2 aromatic carbocycles. The SMILES string of the molecule is Nc1ccc(-c2ccc(C(=O)NC3CC3)c(Cl)c2)nc1NCc1ccc2ncccc2c1. The van der Waals surface area contributed by atoms with Crippen LogP contribution in [-0.4, -0.2) is 21.9 Å². The van der Waals surface area contributed by atoms with Crippen molar-refractivity contribution in [3.63, 3.8) is 0 Å². The van der Waals surface area contributed by atoms with Crippen LogP contribution in [0.4, 0.5) is 11.5 Å². The van der Waals surface area contributed by atoms with Crippen molar-refractivity contribution < 1.29 is 4.79 Å². The Morgan fingerprint density at radius 2 is 1.97 bits per heavy atom. The minimum absolute atomic E-state index is 0.137. The maximum atomic E-state index is 12.3. The lowest BCUT2D eigenvalue weighted by Crippen LogP contribution is -2.25. The van der Waals surface area contributed by atoms with Crippen molar-refractivity contribution in [2.24, 2.45) is 0 Å². The monoisotopic (exact) mass is 443 g/mol. The summed E-state index contributed by atoms with van der Waals surface area (Å²) in [5, 5.41) is 7.77. The molecule has 0 unspecified atom stereocenters. The first-order valence-corrected chi connectivity index (χ1v) is 10.9. The van der Waals surface area contributed by atoms with E-state index in [1.807, 2.05) is 42.5 Å². The molecule has 0 radical (unpaired) electrons. The van der Waals surface area contributed by atoms with E-state index in [9.17, 15) is 4.79 Å². The Balaban J connectivity index is 1.34. The van der Waals surface area contributed by atoms with Crippen LogP contribution in [0.1, 0.15) is 28.8 Å². The molecule has 1 fully saturated rings. The molecule has 4 aromatic rings. The van der Waals surface area contributed by atoms with Gasteiger partial charge >= 0.3 is 0 Å². The van der Waals surface area contributed by atoms with Crippen molar-refractivity contribution in [1.82, 2.24) is 15.3 Å². The molecule has 6 nitrogen and oxygen atoms in total. The van der Waals surface area contributed by atoms with Gasteiger partial charge in [-0.15, -0.1) is 0 Å². The number of nitrogens with one attached hydrogen (secondary N) is 2. The van der Waals surface area contributed by atoms with Gasteiger partial charge in [-0.1, -0.05) is 29.8 Å². The first-order chi connectivity index (χ1) is 15.6. The Bertz CT molecular complexity index is 1320. The minimum Gasteiger partial charge on any atom is -0.396 e. The van der Waals surface area contributed by atoms with Gasteiger partial charge in [0.1, 0.15) is 5.82 Å². The highest BCUT2D eigenvalue weighted by molar-refractivity contribution is 6.34. The molecule has 1 amide bonds. The number of nitrogens with zero attached hydrogens (tertiary/aromatic N) is 2. The Kier molecular flexibility index (Phi) is 5.37. The van der Waals surface area contributed by atoms with E-state index >= 15 is 0 Å². The maximum Gasteiger partial charge on any atom is 0.253 e. The number of benzene rings is 2. The summed E-state index contributed by atoms with van der Waals surface area (Å²) < 4.78 is 0. The minimum atomic E-state index is -0.137. The summed E-state index contributed by atoms with van der Waals surface area (Å²) >= 11 is 6.40. The van der Waals surface area contributed by atoms with Crippen molar-refractivity contribution in [2.75, 3.05) is 11.1 Å². The molecule has 0 spiro atoms. The molecule has 5 rings (SSSR count). The highest BCUT2D eigenvalue weighted by atomic mass is 35.5. The number of fused-ring (bicyclic) bond motifs is 1. The summed E-state index contributed by atoms with van der Waals surface area (Å²) in [5.41, 5.74) is 10.8. The summed E-state index contributed by atoms with van der Waals surface area (Å²) in [6.45, 7) is 0.576. The second-order valence-corrected chi connectivity index (χ2v) is 8.37. The first kappa shape index (κ1) is 20.3. The van der Waals surface area contributed by atoms with Crippen LogP contribution < -0.4 is 16.4 Å². The summed E-state index contributed by atoms with van der Waals surface area (Å²) in [6.07, 6.45) is 3.85. The maximum absolute atomic E-state index is 12.3. The van der Waals surface area contributed by atoms with Crippen LogP contribution in [0, 0.1) is 0 Å². The van der Waals surface area contributed by atoms with E-state index in [4.69, 9.17) is 17.3 Å². The lowest BCUT2D eigenvalue weighted by Gasteiger charge is -2.12. The van der Waals surface area contributed by atoms with Gasteiger partial charge in [0.2, 0.25) is 0 Å². The topological polar surface area (TPSA) is 92.9 Å². The predicted molar refractivity (Wildman–Crippen MR) is 129 cm³/mol. The molecular formula is C25H22ClN5O. The highest BCUT2D eigenvalue weighted by Crippen LogP contribution is 2.28. The van der Waals surface area contributed by atoms with Crippen LogP contribution in [0.3, 0.4) is 0 Å². The summed E-state index contributed by atoms with van der Waals surface area (Å²) in [5.74, 6) is 0.461. The zero-order chi connectivity index (χ0) is 22.1. The van der Waals surface area contributed by atoms with E-state index in [2.05, 4.69) is 26.7 Å². The number of carbonyl (C=O) groups excluding carboxylic acids is 1. The molecule has 32 heavy (non-hydrogen) atoms. The lowest BCUT2D eigenvalue weighted by molar-refractivity contribution is 0.0951. The molecule has 0 aliphatic heterocycles. The zero-order valence-corrected chi connectivity index (χ0v) is 18.1. The Morgan fingerprint density at radius 3 is 2.78 bits per heavy atom. The molecule has 2 heterocycles. The fraction of sp³-hybridized carbons (Fsp3) is 0.160. The molecule has 4 N–H and O–H groups in total. The second-order valence-electron chi connectivity index (χ2n) is 7.96. The third-order valence-corrected chi connectivity index (χ3v) is 5.79. The number of rotatable bonds is 6. The van der Waals surface area contributed by atoms with Gasteiger partial charge in [-0.25, -0.2) is 4.98 Å². The average Bonchev–Trinajstić information content (AvgIpc) is 3.62. The highest BCUT2D eigenvalue weighted by Gasteiger charge is 2.24. The van der Waals surface area contributed by atoms with E-state index in [1.54, 1.807) is 18.3 Å². The Morgan fingerprint density at radius 1 is 1.09 bits per heavy atom. The molecule has 1 saturated carbocycles. The normalized spacial score (nSPS) is 13.2. The number of carbonyl (C=O) groups is 1. The number of nitrogen functional groups attached to an aromatic ring is 1. The molecule has 0 atom stereocenters. The Labute approximate surface area is 190 Å². The number of anilines is 2. The van der Waals surface area contributed by atoms with Crippen LogP contribution >= 0.6 is 11.6 Å². The predicted octanol–water partition coefficient (Wildman–Crippen LogP) is 5.04. The molecule has 1 aliphatic rings. The number of amides is 1. The van der Waals surface area contributed by atoms with E-state index in [0.717, 1.165) is 40.6 Å². The van der Waals surface area contributed by atoms with Crippen LogP contribution in [0.15, 0.2) is 66.9 Å². The molecule has 7 heteroatoms. The van der Waals surface area contributed by atoms with Gasteiger partial charge in [0.15, 0.2) is 0 Å². The van der Waals surface area contributed by atoms with Gasteiger partial charge in [-0.05, 0) is 60.9 Å². The van der Waals surface area contributed by atoms with Crippen LogP contribution in [0.25, 0.3) is 22.2 Å². The van der Waals surface area contributed by atoms with Crippen molar-refractivity contribution in [2.45, 2.75) is 25.4 Å². The first-order valence-electron chi connectivity index (χ1n) is 10.5. The van der Waals surface area contributed by atoms with Crippen LogP contribution in [-0.2, 0) is 6.54 Å². The third kappa shape index (κ3) is 4.36. The quantitative estimate of drug-likeness (QED) is 0.388. The largest absolute Gasteiger partial charge is 0.396 e. The molecular weight excluding hydrogens is 422 g/mol. The molecule has 160 valence electrons. The number of hydrogen-bond donors (Lipinski definition) is 3. The summed E-state index contributed by atoms with van der Waals surface area (Å²) in [4.78, 5) is 21.4. The van der Waals surface area contributed by atoms with Gasteiger partial charge < -0.3 is 16.4 Å². The fourth-order valence-electron chi connectivity index (χ4n) is 3.54. The number of pyridine rings is 2. The summed E-state index contributed by atoms with van der Waals surface area (Å²) in [7, 11) is 0. The zero-order valence-electron chi connectivity index (χ0n) is 17.3.